The van der Waals surface area contributed by atoms with Crippen molar-refractivity contribution in [3.63, 3.8) is 0 Å². The van der Waals surface area contributed by atoms with Crippen LogP contribution < -0.4 is 10.5 Å². The highest BCUT2D eigenvalue weighted by atomic mass is 16.5. The van der Waals surface area contributed by atoms with Gasteiger partial charge in [-0.15, -0.1) is 0 Å². The van der Waals surface area contributed by atoms with E-state index < -0.39 is 5.76 Å². The monoisotopic (exact) mass is 277 g/mol. The van der Waals surface area contributed by atoms with Crippen LogP contribution in [0.15, 0.2) is 33.5 Å². The number of aryl methyl sites for hydroxylation is 2. The van der Waals surface area contributed by atoms with E-state index in [1.54, 1.807) is 0 Å². The number of aromatic hydroxyl groups is 1. The number of nitrogens with one attached hydrogen (secondary N) is 1. The molecule has 0 unspecified atom stereocenters. The Hall–Kier alpha value is -2.17. The number of aromatic nitrogens is 1. The number of ether oxygens (including phenoxy) is 1. The minimum atomic E-state index is -0.618. The molecular weight excluding hydrogens is 258 g/mol. The van der Waals surface area contributed by atoms with Gasteiger partial charge < -0.3 is 14.3 Å². The van der Waals surface area contributed by atoms with Crippen LogP contribution in [0.3, 0.4) is 0 Å². The van der Waals surface area contributed by atoms with Crippen molar-refractivity contribution in [2.24, 2.45) is 0 Å². The average Bonchev–Trinajstić information content (AvgIpc) is 2.69. The molecular formula is C15H19NO4. The van der Waals surface area contributed by atoms with Crippen molar-refractivity contribution in [2.75, 3.05) is 0 Å². The van der Waals surface area contributed by atoms with Crippen molar-refractivity contribution in [3.05, 3.63) is 46.1 Å². The van der Waals surface area contributed by atoms with Crippen LogP contribution in [0.25, 0.3) is 0 Å². The third kappa shape index (κ3) is 3.91. The standard InChI is InChI=1S/C15H19NO4/c1-10(2)19-12-8-6-11(7-9-12)4-3-5-13-14(17)16-15(18)20-13/h6-10,17H,3-5H2,1-2H3,(H,16,18). The summed E-state index contributed by atoms with van der Waals surface area (Å²) in [5.74, 6) is 0.385. The smallest absolute Gasteiger partial charge is 0.419 e. The van der Waals surface area contributed by atoms with E-state index in [0.717, 1.165) is 18.6 Å². The van der Waals surface area contributed by atoms with Crippen LogP contribution in [0.1, 0.15) is 31.6 Å². The molecule has 2 N–H and O–H groups in total. The van der Waals surface area contributed by atoms with E-state index in [2.05, 4.69) is 4.98 Å². The maximum absolute atomic E-state index is 10.9. The van der Waals surface area contributed by atoms with Gasteiger partial charge in [-0.25, -0.2) is 4.79 Å². The molecule has 0 spiro atoms. The van der Waals surface area contributed by atoms with E-state index in [-0.39, 0.29) is 12.0 Å². The lowest BCUT2D eigenvalue weighted by molar-refractivity contribution is 0.242. The second-order valence-electron chi connectivity index (χ2n) is 4.95. The Morgan fingerprint density at radius 2 is 1.95 bits per heavy atom. The zero-order valence-corrected chi connectivity index (χ0v) is 11.7. The molecule has 0 radical (unpaired) electrons. The fraction of sp³-hybridized carbons (Fsp3) is 0.400. The Labute approximate surface area is 117 Å². The molecule has 1 heterocycles. The molecule has 0 saturated carbocycles. The zero-order valence-electron chi connectivity index (χ0n) is 11.7. The lowest BCUT2D eigenvalue weighted by atomic mass is 10.1. The predicted octanol–water partition coefficient (Wildman–Crippen LogP) is 2.64. The van der Waals surface area contributed by atoms with Crippen molar-refractivity contribution < 1.29 is 14.3 Å². The fourth-order valence-electron chi connectivity index (χ4n) is 1.98. The van der Waals surface area contributed by atoms with E-state index in [4.69, 9.17) is 9.15 Å². The van der Waals surface area contributed by atoms with Gasteiger partial charge in [0.15, 0.2) is 5.76 Å². The molecule has 0 amide bonds. The maximum atomic E-state index is 10.9. The summed E-state index contributed by atoms with van der Waals surface area (Å²) < 4.78 is 10.4. The second kappa shape index (κ2) is 6.32. The largest absolute Gasteiger partial charge is 0.492 e. The molecule has 5 heteroatoms. The first-order chi connectivity index (χ1) is 9.54. The van der Waals surface area contributed by atoms with Crippen LogP contribution in [-0.4, -0.2) is 16.2 Å². The van der Waals surface area contributed by atoms with Gasteiger partial charge in [0.2, 0.25) is 5.88 Å². The molecule has 108 valence electrons. The van der Waals surface area contributed by atoms with Crippen LogP contribution in [-0.2, 0) is 12.8 Å². The molecule has 5 nitrogen and oxygen atoms in total. The van der Waals surface area contributed by atoms with Gasteiger partial charge in [-0.2, -0.15) is 0 Å². The number of hydrogen-bond acceptors (Lipinski definition) is 4. The third-order valence-corrected chi connectivity index (χ3v) is 2.86. The van der Waals surface area contributed by atoms with Crippen molar-refractivity contribution in [1.82, 2.24) is 4.98 Å². The predicted molar refractivity (Wildman–Crippen MR) is 75.2 cm³/mol. The van der Waals surface area contributed by atoms with Gasteiger partial charge >= 0.3 is 5.76 Å². The van der Waals surface area contributed by atoms with E-state index in [1.165, 1.54) is 5.56 Å². The molecule has 0 fully saturated rings. The first-order valence-electron chi connectivity index (χ1n) is 6.71. The Balaban J connectivity index is 1.85. The number of hydrogen-bond donors (Lipinski definition) is 2. The second-order valence-corrected chi connectivity index (χ2v) is 4.95. The van der Waals surface area contributed by atoms with E-state index in [9.17, 15) is 9.90 Å². The Bertz CT molecular complexity index is 595. The van der Waals surface area contributed by atoms with Crippen LogP contribution in [0.2, 0.25) is 0 Å². The molecule has 0 aliphatic rings. The lowest BCUT2D eigenvalue weighted by Gasteiger charge is -2.09. The van der Waals surface area contributed by atoms with E-state index >= 15 is 0 Å². The normalized spacial score (nSPS) is 10.9. The maximum Gasteiger partial charge on any atom is 0.419 e. The van der Waals surface area contributed by atoms with Gasteiger partial charge in [0, 0.05) is 6.42 Å². The van der Waals surface area contributed by atoms with Crippen LogP contribution >= 0.6 is 0 Å². The van der Waals surface area contributed by atoms with Crippen molar-refractivity contribution in [2.45, 2.75) is 39.2 Å². The molecule has 1 aromatic heterocycles. The molecule has 0 bridgehead atoms. The fourth-order valence-corrected chi connectivity index (χ4v) is 1.98. The van der Waals surface area contributed by atoms with Gasteiger partial charge in [0.25, 0.3) is 0 Å². The molecule has 0 saturated heterocycles. The molecule has 2 rings (SSSR count). The van der Waals surface area contributed by atoms with Crippen LogP contribution in [0.4, 0.5) is 0 Å². The van der Waals surface area contributed by atoms with Gasteiger partial charge in [0.05, 0.1) is 6.10 Å². The molecule has 0 atom stereocenters. The topological polar surface area (TPSA) is 75.5 Å². The molecule has 0 aliphatic carbocycles. The summed E-state index contributed by atoms with van der Waals surface area (Å²) in [5.41, 5.74) is 1.18. The van der Waals surface area contributed by atoms with Crippen LogP contribution in [0.5, 0.6) is 11.6 Å². The Morgan fingerprint density at radius 3 is 2.50 bits per heavy atom. The Morgan fingerprint density at radius 1 is 1.25 bits per heavy atom. The molecule has 2 aromatic rings. The number of aromatic amines is 1. The molecule has 1 aromatic carbocycles. The SMILES string of the molecule is CC(C)Oc1ccc(CCCc2oc(=O)[nH]c2O)cc1. The van der Waals surface area contributed by atoms with Gasteiger partial charge in [-0.1, -0.05) is 12.1 Å². The quantitative estimate of drug-likeness (QED) is 0.851. The summed E-state index contributed by atoms with van der Waals surface area (Å²) in [5, 5.41) is 9.38. The van der Waals surface area contributed by atoms with E-state index in [1.807, 2.05) is 38.1 Å². The summed E-state index contributed by atoms with van der Waals surface area (Å²) in [7, 11) is 0. The summed E-state index contributed by atoms with van der Waals surface area (Å²) in [6.07, 6.45) is 2.32. The zero-order chi connectivity index (χ0) is 14.5. The third-order valence-electron chi connectivity index (χ3n) is 2.86. The summed E-state index contributed by atoms with van der Waals surface area (Å²) in [6, 6.07) is 7.93. The van der Waals surface area contributed by atoms with E-state index in [0.29, 0.717) is 12.2 Å². The van der Waals surface area contributed by atoms with Gasteiger partial charge in [-0.3, -0.25) is 4.98 Å². The Kier molecular flexibility index (Phi) is 4.50. The number of benzene rings is 1. The summed E-state index contributed by atoms with van der Waals surface area (Å²) >= 11 is 0. The minimum absolute atomic E-state index is 0.167. The van der Waals surface area contributed by atoms with Crippen LogP contribution in [0, 0.1) is 0 Å². The lowest BCUT2D eigenvalue weighted by Crippen LogP contribution is -2.05. The summed E-state index contributed by atoms with van der Waals surface area (Å²) in [4.78, 5) is 13.1. The van der Waals surface area contributed by atoms with Crippen molar-refractivity contribution >= 4 is 0 Å². The first kappa shape index (κ1) is 14.2. The molecule has 0 aliphatic heterocycles. The average molecular weight is 277 g/mol. The highest BCUT2D eigenvalue weighted by molar-refractivity contribution is 5.27. The van der Waals surface area contributed by atoms with Crippen molar-refractivity contribution in [1.29, 1.82) is 0 Å². The van der Waals surface area contributed by atoms with Gasteiger partial charge in [0.1, 0.15) is 5.75 Å². The van der Waals surface area contributed by atoms with Crippen molar-refractivity contribution in [3.8, 4) is 11.6 Å². The van der Waals surface area contributed by atoms with Gasteiger partial charge in [-0.05, 0) is 44.4 Å². The number of oxazole rings is 1. The first-order valence-corrected chi connectivity index (χ1v) is 6.71. The highest BCUT2D eigenvalue weighted by Gasteiger charge is 2.08. The molecule has 20 heavy (non-hydrogen) atoms. The highest BCUT2D eigenvalue weighted by Crippen LogP contribution is 2.17. The summed E-state index contributed by atoms with van der Waals surface area (Å²) in [6.45, 7) is 3.98. The minimum Gasteiger partial charge on any atom is -0.492 e. The number of H-pyrrole nitrogens is 1. The number of rotatable bonds is 6.